The molecule has 1 saturated heterocycles. The SMILES string of the molecule is Cc1cnc(N(CC(=O)O)C2CCS(=O)(=O)C2)nc1. The van der Waals surface area contributed by atoms with Crippen molar-refractivity contribution in [2.45, 2.75) is 19.4 Å². The summed E-state index contributed by atoms with van der Waals surface area (Å²) in [5.41, 5.74) is 0.859. The zero-order valence-electron chi connectivity index (χ0n) is 10.5. The van der Waals surface area contributed by atoms with Gasteiger partial charge in [-0.2, -0.15) is 0 Å². The van der Waals surface area contributed by atoms with Gasteiger partial charge in [-0.1, -0.05) is 0 Å². The summed E-state index contributed by atoms with van der Waals surface area (Å²) in [6.45, 7) is 1.52. The number of aliphatic carboxylic acids is 1. The summed E-state index contributed by atoms with van der Waals surface area (Å²) < 4.78 is 23.0. The lowest BCUT2D eigenvalue weighted by atomic mass is 10.2. The van der Waals surface area contributed by atoms with Crippen LogP contribution in [0.4, 0.5) is 5.95 Å². The van der Waals surface area contributed by atoms with E-state index in [9.17, 15) is 13.2 Å². The van der Waals surface area contributed by atoms with Crippen LogP contribution in [0.3, 0.4) is 0 Å². The van der Waals surface area contributed by atoms with Gasteiger partial charge in [0.15, 0.2) is 9.84 Å². The van der Waals surface area contributed by atoms with Crippen LogP contribution in [0.15, 0.2) is 12.4 Å². The normalized spacial score (nSPS) is 21.2. The Morgan fingerprint density at radius 3 is 2.58 bits per heavy atom. The van der Waals surface area contributed by atoms with Gasteiger partial charge in [0.1, 0.15) is 6.54 Å². The van der Waals surface area contributed by atoms with Crippen molar-refractivity contribution in [2.24, 2.45) is 0 Å². The standard InChI is InChI=1S/C11H15N3O4S/c1-8-4-12-11(13-5-8)14(6-10(15)16)9-2-3-19(17,18)7-9/h4-5,9H,2-3,6-7H2,1H3,(H,15,16). The van der Waals surface area contributed by atoms with Crippen LogP contribution in [0.1, 0.15) is 12.0 Å². The van der Waals surface area contributed by atoms with Crippen molar-refractivity contribution >= 4 is 21.8 Å². The highest BCUT2D eigenvalue weighted by Crippen LogP contribution is 2.21. The highest BCUT2D eigenvalue weighted by molar-refractivity contribution is 7.91. The lowest BCUT2D eigenvalue weighted by Gasteiger charge is -2.26. The van der Waals surface area contributed by atoms with E-state index in [1.165, 1.54) is 4.90 Å². The molecule has 2 heterocycles. The fourth-order valence-electron chi connectivity index (χ4n) is 2.06. The van der Waals surface area contributed by atoms with E-state index < -0.39 is 15.8 Å². The Morgan fingerprint density at radius 2 is 2.11 bits per heavy atom. The first kappa shape index (κ1) is 13.7. The highest BCUT2D eigenvalue weighted by atomic mass is 32.2. The van der Waals surface area contributed by atoms with E-state index in [2.05, 4.69) is 9.97 Å². The molecule has 0 amide bonds. The zero-order chi connectivity index (χ0) is 14.0. The molecule has 1 aliphatic rings. The molecular formula is C11H15N3O4S. The number of sulfone groups is 1. The number of anilines is 1. The van der Waals surface area contributed by atoms with Gasteiger partial charge in [-0.25, -0.2) is 18.4 Å². The summed E-state index contributed by atoms with van der Waals surface area (Å²) >= 11 is 0. The second kappa shape index (κ2) is 5.12. The van der Waals surface area contributed by atoms with E-state index in [1.807, 2.05) is 6.92 Å². The van der Waals surface area contributed by atoms with E-state index in [1.54, 1.807) is 12.4 Å². The number of hydrogen-bond acceptors (Lipinski definition) is 6. The molecule has 0 aromatic carbocycles. The van der Waals surface area contributed by atoms with Crippen molar-refractivity contribution in [3.05, 3.63) is 18.0 Å². The van der Waals surface area contributed by atoms with E-state index >= 15 is 0 Å². The first-order valence-electron chi connectivity index (χ1n) is 5.85. The van der Waals surface area contributed by atoms with Crippen LogP contribution >= 0.6 is 0 Å². The Hall–Kier alpha value is -1.70. The molecule has 0 aliphatic carbocycles. The maximum Gasteiger partial charge on any atom is 0.323 e. The van der Waals surface area contributed by atoms with Crippen molar-refractivity contribution in [2.75, 3.05) is 23.0 Å². The molecule has 7 nitrogen and oxygen atoms in total. The lowest BCUT2D eigenvalue weighted by molar-refractivity contribution is -0.135. The van der Waals surface area contributed by atoms with E-state index in [4.69, 9.17) is 5.11 Å². The minimum atomic E-state index is -3.08. The maximum atomic E-state index is 11.5. The Kier molecular flexibility index (Phi) is 3.70. The number of carboxylic acid groups (broad SMARTS) is 1. The Balaban J connectivity index is 2.26. The fraction of sp³-hybridized carbons (Fsp3) is 0.545. The lowest BCUT2D eigenvalue weighted by Crippen LogP contribution is -2.41. The molecule has 0 radical (unpaired) electrons. The quantitative estimate of drug-likeness (QED) is 0.821. The number of aryl methyl sites for hydroxylation is 1. The minimum Gasteiger partial charge on any atom is -0.480 e. The Morgan fingerprint density at radius 1 is 1.47 bits per heavy atom. The van der Waals surface area contributed by atoms with Crippen LogP contribution in [0, 0.1) is 6.92 Å². The Labute approximate surface area is 111 Å². The average Bonchev–Trinajstić information content (AvgIpc) is 2.67. The predicted molar refractivity (Wildman–Crippen MR) is 68.8 cm³/mol. The largest absolute Gasteiger partial charge is 0.480 e. The van der Waals surface area contributed by atoms with Crippen LogP contribution in [-0.2, 0) is 14.6 Å². The molecule has 1 fully saturated rings. The molecule has 104 valence electrons. The number of aromatic nitrogens is 2. The van der Waals surface area contributed by atoms with Gasteiger partial charge in [0.05, 0.1) is 11.5 Å². The predicted octanol–water partition coefficient (Wildman–Crippen LogP) is -0.137. The van der Waals surface area contributed by atoms with Gasteiger partial charge in [-0.3, -0.25) is 4.79 Å². The van der Waals surface area contributed by atoms with Gasteiger partial charge in [-0.15, -0.1) is 0 Å². The van der Waals surface area contributed by atoms with E-state index in [0.717, 1.165) is 5.56 Å². The van der Waals surface area contributed by atoms with Crippen molar-refractivity contribution in [1.29, 1.82) is 0 Å². The number of carbonyl (C=O) groups is 1. The van der Waals surface area contributed by atoms with Gasteiger partial charge in [0.2, 0.25) is 5.95 Å². The average molecular weight is 285 g/mol. The molecule has 2 rings (SSSR count). The van der Waals surface area contributed by atoms with E-state index in [0.29, 0.717) is 6.42 Å². The molecule has 0 bridgehead atoms. The van der Waals surface area contributed by atoms with E-state index in [-0.39, 0.29) is 30.0 Å². The summed E-state index contributed by atoms with van der Waals surface area (Å²) in [6.07, 6.45) is 3.58. The number of nitrogens with zero attached hydrogens (tertiary/aromatic N) is 3. The number of rotatable bonds is 4. The molecule has 8 heteroatoms. The third kappa shape index (κ3) is 3.40. The summed E-state index contributed by atoms with van der Waals surface area (Å²) in [7, 11) is -3.08. The van der Waals surface area contributed by atoms with Gasteiger partial charge in [-0.05, 0) is 18.9 Å². The summed E-state index contributed by atoms with van der Waals surface area (Å²) in [5, 5.41) is 8.94. The summed E-state index contributed by atoms with van der Waals surface area (Å²) in [4.78, 5) is 20.5. The fourth-order valence-corrected chi connectivity index (χ4v) is 3.79. The molecule has 1 aromatic rings. The number of hydrogen-bond donors (Lipinski definition) is 1. The topological polar surface area (TPSA) is 100 Å². The monoisotopic (exact) mass is 285 g/mol. The summed E-state index contributed by atoms with van der Waals surface area (Å²) in [6, 6.07) is -0.371. The van der Waals surface area contributed by atoms with Crippen LogP contribution < -0.4 is 4.90 Å². The molecule has 0 spiro atoms. The Bertz CT molecular complexity index is 570. The third-order valence-corrected chi connectivity index (χ3v) is 4.73. The van der Waals surface area contributed by atoms with Gasteiger partial charge in [0.25, 0.3) is 0 Å². The maximum absolute atomic E-state index is 11.5. The molecular weight excluding hydrogens is 270 g/mol. The first-order chi connectivity index (χ1) is 8.87. The van der Waals surface area contributed by atoms with Crippen LogP contribution in [0.5, 0.6) is 0 Å². The molecule has 1 unspecified atom stereocenters. The highest BCUT2D eigenvalue weighted by Gasteiger charge is 2.34. The molecule has 1 N–H and O–H groups in total. The van der Waals surface area contributed by atoms with Crippen LogP contribution in [0.2, 0.25) is 0 Å². The van der Waals surface area contributed by atoms with Gasteiger partial charge < -0.3 is 10.0 Å². The third-order valence-electron chi connectivity index (χ3n) is 2.98. The molecule has 0 saturated carbocycles. The summed E-state index contributed by atoms with van der Waals surface area (Å²) in [5.74, 6) is -0.736. The minimum absolute atomic E-state index is 0.0441. The van der Waals surface area contributed by atoms with Crippen molar-refractivity contribution < 1.29 is 18.3 Å². The first-order valence-corrected chi connectivity index (χ1v) is 7.67. The molecule has 1 aromatic heterocycles. The number of carboxylic acids is 1. The smallest absolute Gasteiger partial charge is 0.323 e. The van der Waals surface area contributed by atoms with Gasteiger partial charge in [0, 0.05) is 18.4 Å². The molecule has 1 aliphatic heterocycles. The van der Waals surface area contributed by atoms with Crippen LogP contribution in [-0.4, -0.2) is 53.6 Å². The van der Waals surface area contributed by atoms with Crippen LogP contribution in [0.25, 0.3) is 0 Å². The van der Waals surface area contributed by atoms with Crippen molar-refractivity contribution in [3.8, 4) is 0 Å². The van der Waals surface area contributed by atoms with Crippen molar-refractivity contribution in [3.63, 3.8) is 0 Å². The second-order valence-corrected chi connectivity index (χ2v) is 6.87. The zero-order valence-corrected chi connectivity index (χ0v) is 11.3. The van der Waals surface area contributed by atoms with Crippen molar-refractivity contribution in [1.82, 2.24) is 9.97 Å². The second-order valence-electron chi connectivity index (χ2n) is 4.64. The molecule has 19 heavy (non-hydrogen) atoms. The van der Waals surface area contributed by atoms with Gasteiger partial charge >= 0.3 is 5.97 Å². The molecule has 1 atom stereocenters.